The van der Waals surface area contributed by atoms with Crippen molar-refractivity contribution in [1.82, 2.24) is 9.21 Å². The van der Waals surface area contributed by atoms with E-state index in [9.17, 15) is 18.0 Å². The Kier molecular flexibility index (Phi) is 4.85. The van der Waals surface area contributed by atoms with Crippen molar-refractivity contribution in [3.63, 3.8) is 0 Å². The molecule has 0 radical (unpaired) electrons. The Bertz CT molecular complexity index is 679. The predicted octanol–water partition coefficient (Wildman–Crippen LogP) is 1.48. The molecule has 1 aromatic carbocycles. The summed E-state index contributed by atoms with van der Waals surface area (Å²) in [6.07, 6.45) is 1.57. The van der Waals surface area contributed by atoms with Gasteiger partial charge in [-0.2, -0.15) is 0 Å². The number of benzene rings is 1. The molecule has 0 saturated carbocycles. The molecular formula is C15H20N2O4S. The van der Waals surface area contributed by atoms with Crippen LogP contribution in [0.15, 0.2) is 29.2 Å². The van der Waals surface area contributed by atoms with Gasteiger partial charge in [-0.05, 0) is 25.0 Å². The number of carbonyl (C=O) groups is 2. The van der Waals surface area contributed by atoms with E-state index in [1.165, 1.54) is 12.1 Å². The normalized spacial score (nSPS) is 15.7. The molecule has 7 heteroatoms. The van der Waals surface area contributed by atoms with Gasteiger partial charge in [0, 0.05) is 13.1 Å². The zero-order chi connectivity index (χ0) is 16.3. The fourth-order valence-electron chi connectivity index (χ4n) is 2.51. The average Bonchev–Trinajstić information content (AvgIpc) is 2.68. The molecule has 1 heterocycles. The third kappa shape index (κ3) is 2.85. The summed E-state index contributed by atoms with van der Waals surface area (Å²) in [5.74, 6) is -0.967. The molecule has 2 rings (SSSR count). The molecule has 0 unspecified atom stereocenters. The van der Waals surface area contributed by atoms with Gasteiger partial charge in [-0.3, -0.25) is 9.59 Å². The van der Waals surface area contributed by atoms with Crippen LogP contribution in [0.1, 0.15) is 37.0 Å². The standard InChI is InChI=1S/C15H20N2O4S/c1-3-9-16(10-4-2)14(18)11-17-15(19)12-7-5-6-8-13(12)22(17,20)21/h5-8H,3-4,9-11H2,1-2H3. The zero-order valence-electron chi connectivity index (χ0n) is 12.8. The first-order valence-electron chi connectivity index (χ1n) is 7.37. The molecule has 6 nitrogen and oxygen atoms in total. The van der Waals surface area contributed by atoms with Crippen LogP contribution in [-0.4, -0.2) is 49.1 Å². The number of amides is 2. The maximum Gasteiger partial charge on any atom is 0.269 e. The Labute approximate surface area is 130 Å². The topological polar surface area (TPSA) is 74.8 Å². The van der Waals surface area contributed by atoms with Gasteiger partial charge in [0.2, 0.25) is 5.91 Å². The van der Waals surface area contributed by atoms with E-state index in [0.29, 0.717) is 17.4 Å². The Morgan fingerprint density at radius 1 is 1.14 bits per heavy atom. The molecule has 22 heavy (non-hydrogen) atoms. The van der Waals surface area contributed by atoms with E-state index in [1.54, 1.807) is 17.0 Å². The first-order valence-corrected chi connectivity index (χ1v) is 8.81. The van der Waals surface area contributed by atoms with Gasteiger partial charge in [-0.1, -0.05) is 26.0 Å². The van der Waals surface area contributed by atoms with E-state index in [-0.39, 0.29) is 16.4 Å². The number of rotatable bonds is 6. The van der Waals surface area contributed by atoms with Gasteiger partial charge >= 0.3 is 0 Å². The van der Waals surface area contributed by atoms with Crippen molar-refractivity contribution >= 4 is 21.8 Å². The third-order valence-electron chi connectivity index (χ3n) is 3.53. The molecule has 0 N–H and O–H groups in total. The SMILES string of the molecule is CCCN(CCC)C(=O)CN1C(=O)c2ccccc2S1(=O)=O. The van der Waals surface area contributed by atoms with Crippen LogP contribution in [0.5, 0.6) is 0 Å². The molecule has 1 aliphatic rings. The molecule has 0 bridgehead atoms. The summed E-state index contributed by atoms with van der Waals surface area (Å²) in [5.41, 5.74) is 0.132. The van der Waals surface area contributed by atoms with Crippen molar-refractivity contribution in [3.8, 4) is 0 Å². The highest BCUT2D eigenvalue weighted by Crippen LogP contribution is 2.29. The van der Waals surface area contributed by atoms with Crippen LogP contribution in [0.3, 0.4) is 0 Å². The van der Waals surface area contributed by atoms with Crippen molar-refractivity contribution in [2.75, 3.05) is 19.6 Å². The van der Waals surface area contributed by atoms with Gasteiger partial charge in [0.1, 0.15) is 11.4 Å². The lowest BCUT2D eigenvalue weighted by Gasteiger charge is -2.24. The van der Waals surface area contributed by atoms with Gasteiger partial charge < -0.3 is 4.90 Å². The Morgan fingerprint density at radius 2 is 1.73 bits per heavy atom. The van der Waals surface area contributed by atoms with E-state index >= 15 is 0 Å². The maximum atomic E-state index is 12.4. The third-order valence-corrected chi connectivity index (χ3v) is 5.32. The van der Waals surface area contributed by atoms with E-state index in [1.807, 2.05) is 13.8 Å². The molecule has 120 valence electrons. The molecule has 1 aliphatic heterocycles. The summed E-state index contributed by atoms with van der Waals surface area (Å²) in [7, 11) is -3.92. The van der Waals surface area contributed by atoms with Gasteiger partial charge in [0.25, 0.3) is 15.9 Å². The van der Waals surface area contributed by atoms with Crippen LogP contribution in [0, 0.1) is 0 Å². The molecular weight excluding hydrogens is 304 g/mol. The van der Waals surface area contributed by atoms with E-state index in [2.05, 4.69) is 0 Å². The Morgan fingerprint density at radius 3 is 2.27 bits per heavy atom. The molecule has 0 spiro atoms. The van der Waals surface area contributed by atoms with E-state index in [0.717, 1.165) is 12.8 Å². The van der Waals surface area contributed by atoms with Crippen LogP contribution in [0.25, 0.3) is 0 Å². The number of hydrogen-bond donors (Lipinski definition) is 0. The zero-order valence-corrected chi connectivity index (χ0v) is 13.6. The first kappa shape index (κ1) is 16.5. The first-order chi connectivity index (χ1) is 10.4. The monoisotopic (exact) mass is 324 g/mol. The summed E-state index contributed by atoms with van der Waals surface area (Å²) in [4.78, 5) is 26.2. The summed E-state index contributed by atoms with van der Waals surface area (Å²) >= 11 is 0. The number of carbonyl (C=O) groups excluding carboxylic acids is 2. The van der Waals surface area contributed by atoms with E-state index < -0.39 is 22.5 Å². The smallest absolute Gasteiger partial charge is 0.269 e. The second kappa shape index (κ2) is 6.48. The molecule has 0 aromatic heterocycles. The Balaban J connectivity index is 2.24. The lowest BCUT2D eigenvalue weighted by atomic mass is 10.2. The quantitative estimate of drug-likeness (QED) is 0.794. The highest BCUT2D eigenvalue weighted by atomic mass is 32.2. The van der Waals surface area contributed by atoms with E-state index in [4.69, 9.17) is 0 Å². The van der Waals surface area contributed by atoms with Crippen molar-refractivity contribution in [3.05, 3.63) is 29.8 Å². The van der Waals surface area contributed by atoms with Crippen LogP contribution in [0.4, 0.5) is 0 Å². The lowest BCUT2D eigenvalue weighted by molar-refractivity contribution is -0.131. The summed E-state index contributed by atoms with van der Waals surface area (Å²) in [5, 5.41) is 0. The minimum atomic E-state index is -3.92. The largest absolute Gasteiger partial charge is 0.341 e. The van der Waals surface area contributed by atoms with Gasteiger partial charge in [0.15, 0.2) is 0 Å². The minimum Gasteiger partial charge on any atom is -0.341 e. The fraction of sp³-hybridized carbons (Fsp3) is 0.467. The van der Waals surface area contributed by atoms with Crippen molar-refractivity contribution < 1.29 is 18.0 Å². The maximum absolute atomic E-state index is 12.4. The average molecular weight is 324 g/mol. The van der Waals surface area contributed by atoms with Crippen molar-refractivity contribution in [1.29, 1.82) is 0 Å². The molecule has 2 amide bonds. The lowest BCUT2D eigenvalue weighted by Crippen LogP contribution is -2.43. The van der Waals surface area contributed by atoms with Crippen molar-refractivity contribution in [2.45, 2.75) is 31.6 Å². The van der Waals surface area contributed by atoms with Crippen LogP contribution < -0.4 is 0 Å². The van der Waals surface area contributed by atoms with Crippen LogP contribution in [0.2, 0.25) is 0 Å². The van der Waals surface area contributed by atoms with Gasteiger partial charge in [-0.15, -0.1) is 0 Å². The Hall–Kier alpha value is -1.89. The summed E-state index contributed by atoms with van der Waals surface area (Å²) in [6, 6.07) is 6.03. The van der Waals surface area contributed by atoms with Gasteiger partial charge in [-0.25, -0.2) is 12.7 Å². The fourth-order valence-corrected chi connectivity index (χ4v) is 4.03. The highest BCUT2D eigenvalue weighted by molar-refractivity contribution is 7.90. The molecule has 0 atom stereocenters. The molecule has 0 fully saturated rings. The second-order valence-corrected chi connectivity index (χ2v) is 7.02. The highest BCUT2D eigenvalue weighted by Gasteiger charge is 2.42. The summed E-state index contributed by atoms with van der Waals surface area (Å²) in [6.45, 7) is 4.58. The molecule has 0 saturated heterocycles. The van der Waals surface area contributed by atoms with Crippen LogP contribution in [-0.2, 0) is 14.8 Å². The van der Waals surface area contributed by atoms with Crippen LogP contribution >= 0.6 is 0 Å². The second-order valence-electron chi connectivity index (χ2n) is 5.19. The molecule has 1 aromatic rings. The number of nitrogens with zero attached hydrogens (tertiary/aromatic N) is 2. The summed E-state index contributed by atoms with van der Waals surface area (Å²) < 4.78 is 25.5. The van der Waals surface area contributed by atoms with Crippen molar-refractivity contribution in [2.24, 2.45) is 0 Å². The molecule has 0 aliphatic carbocycles. The number of hydrogen-bond acceptors (Lipinski definition) is 4. The predicted molar refractivity (Wildman–Crippen MR) is 81.8 cm³/mol. The number of fused-ring (bicyclic) bond motifs is 1. The van der Waals surface area contributed by atoms with Gasteiger partial charge in [0.05, 0.1) is 5.56 Å². The minimum absolute atomic E-state index is 0.0228. The number of sulfonamides is 1.